The molecule has 2 aliphatic rings. The molecule has 0 saturated carbocycles. The topological polar surface area (TPSA) is 23.6 Å². The van der Waals surface area contributed by atoms with E-state index in [-0.39, 0.29) is 18.4 Å². The Labute approximate surface area is 89.5 Å². The second kappa shape index (κ2) is 4.64. The molecule has 2 heterocycles. The van der Waals surface area contributed by atoms with E-state index in [1.807, 2.05) is 4.90 Å². The quantitative estimate of drug-likeness (QED) is 0.603. The van der Waals surface area contributed by atoms with Gasteiger partial charge < -0.3 is 9.80 Å². The molecule has 0 aliphatic carbocycles. The summed E-state index contributed by atoms with van der Waals surface area (Å²) >= 11 is 0. The summed E-state index contributed by atoms with van der Waals surface area (Å²) in [6, 6.07) is 0.0120. The molecule has 0 radical (unpaired) electrons. The number of rotatable bonds is 0. The third-order valence-electron chi connectivity index (χ3n) is 3.00. The average molecular weight is 212 g/mol. The van der Waals surface area contributed by atoms with Crippen LogP contribution in [-0.2, 0) is 0 Å². The largest absolute Gasteiger partial charge is 0.325 e. The monoisotopic (exact) mass is 212 g/mol. The van der Waals surface area contributed by atoms with Crippen molar-refractivity contribution in [3.8, 4) is 0 Å². The molecule has 0 aromatic rings. The number of nitrogens with zero attached hydrogens (tertiary/aromatic N) is 2. The fourth-order valence-corrected chi connectivity index (χ4v) is 2.15. The standard InChI is InChI=1S/C11H17FN2O/c12-10-5-4-8-14(9-10)11(15)13-6-2-1-3-7-13/h5H,1-4,6-9H2. The number of halogens is 1. The van der Waals surface area contributed by atoms with Crippen LogP contribution in [-0.4, -0.2) is 42.0 Å². The molecular formula is C11H17FN2O. The summed E-state index contributed by atoms with van der Waals surface area (Å²) in [4.78, 5) is 15.4. The number of carbonyl (C=O) groups is 1. The smallest absolute Gasteiger partial charge is 0.320 e. The Kier molecular flexibility index (Phi) is 3.23. The summed E-state index contributed by atoms with van der Waals surface area (Å²) < 4.78 is 13.0. The second-order valence-electron chi connectivity index (χ2n) is 4.19. The summed E-state index contributed by atoms with van der Waals surface area (Å²) in [6.07, 6.45) is 5.58. The van der Waals surface area contributed by atoms with Gasteiger partial charge in [0.1, 0.15) is 5.83 Å². The summed E-state index contributed by atoms with van der Waals surface area (Å²) in [5.41, 5.74) is 0. The molecule has 2 rings (SSSR count). The zero-order chi connectivity index (χ0) is 10.7. The Bertz CT molecular complexity index is 272. The number of hydrogen-bond acceptors (Lipinski definition) is 1. The van der Waals surface area contributed by atoms with Crippen molar-refractivity contribution < 1.29 is 9.18 Å². The first-order chi connectivity index (χ1) is 7.27. The van der Waals surface area contributed by atoms with Crippen LogP contribution in [0.25, 0.3) is 0 Å². The van der Waals surface area contributed by atoms with E-state index in [1.165, 1.54) is 6.42 Å². The first kappa shape index (κ1) is 10.5. The summed E-state index contributed by atoms with van der Waals surface area (Å²) in [6.45, 7) is 2.49. The maximum atomic E-state index is 13.0. The van der Waals surface area contributed by atoms with Gasteiger partial charge >= 0.3 is 6.03 Å². The van der Waals surface area contributed by atoms with E-state index in [0.717, 1.165) is 25.9 Å². The van der Waals surface area contributed by atoms with Crippen molar-refractivity contribution in [2.75, 3.05) is 26.2 Å². The minimum Gasteiger partial charge on any atom is -0.325 e. The van der Waals surface area contributed by atoms with Crippen molar-refractivity contribution in [1.29, 1.82) is 0 Å². The average Bonchev–Trinajstić information content (AvgIpc) is 2.29. The lowest BCUT2D eigenvalue weighted by Crippen LogP contribution is -2.47. The maximum Gasteiger partial charge on any atom is 0.320 e. The van der Waals surface area contributed by atoms with Crippen molar-refractivity contribution in [3.05, 3.63) is 11.9 Å². The van der Waals surface area contributed by atoms with Gasteiger partial charge in [-0.2, -0.15) is 0 Å². The third kappa shape index (κ3) is 2.49. The van der Waals surface area contributed by atoms with Crippen LogP contribution >= 0.6 is 0 Å². The minimum absolute atomic E-state index is 0.0120. The molecule has 0 atom stereocenters. The van der Waals surface area contributed by atoms with Gasteiger partial charge in [-0.15, -0.1) is 0 Å². The molecule has 0 N–H and O–H groups in total. The molecule has 0 aromatic heterocycles. The summed E-state index contributed by atoms with van der Waals surface area (Å²) in [5, 5.41) is 0. The van der Waals surface area contributed by atoms with Gasteiger partial charge in [0.05, 0.1) is 6.54 Å². The van der Waals surface area contributed by atoms with Gasteiger partial charge in [0, 0.05) is 19.6 Å². The lowest BCUT2D eigenvalue weighted by atomic mass is 10.1. The highest BCUT2D eigenvalue weighted by molar-refractivity contribution is 5.75. The van der Waals surface area contributed by atoms with Gasteiger partial charge in [0.25, 0.3) is 0 Å². The highest BCUT2D eigenvalue weighted by Gasteiger charge is 2.24. The van der Waals surface area contributed by atoms with Gasteiger partial charge in [-0.3, -0.25) is 0 Å². The van der Waals surface area contributed by atoms with Crippen molar-refractivity contribution in [2.24, 2.45) is 0 Å². The molecule has 0 bridgehead atoms. The molecule has 1 fully saturated rings. The van der Waals surface area contributed by atoms with E-state index < -0.39 is 0 Å². The molecule has 15 heavy (non-hydrogen) atoms. The molecule has 2 amide bonds. The number of hydrogen-bond donors (Lipinski definition) is 0. The molecule has 2 aliphatic heterocycles. The van der Waals surface area contributed by atoms with E-state index in [2.05, 4.69) is 0 Å². The predicted octanol–water partition coefficient (Wildman–Crippen LogP) is 2.15. The first-order valence-corrected chi connectivity index (χ1v) is 5.66. The Morgan fingerprint density at radius 3 is 2.53 bits per heavy atom. The van der Waals surface area contributed by atoms with Crippen LogP contribution < -0.4 is 0 Å². The van der Waals surface area contributed by atoms with Gasteiger partial charge in [-0.05, 0) is 31.8 Å². The highest BCUT2D eigenvalue weighted by atomic mass is 19.1. The van der Waals surface area contributed by atoms with Crippen molar-refractivity contribution in [3.63, 3.8) is 0 Å². The minimum atomic E-state index is -0.174. The van der Waals surface area contributed by atoms with E-state index in [4.69, 9.17) is 0 Å². The molecule has 0 unspecified atom stereocenters. The lowest BCUT2D eigenvalue weighted by Gasteiger charge is -2.33. The van der Waals surface area contributed by atoms with Crippen LogP contribution in [0.5, 0.6) is 0 Å². The normalized spacial score (nSPS) is 22.6. The predicted molar refractivity (Wildman–Crippen MR) is 56.2 cm³/mol. The van der Waals surface area contributed by atoms with Crippen LogP contribution in [0, 0.1) is 0 Å². The van der Waals surface area contributed by atoms with Crippen LogP contribution in [0.3, 0.4) is 0 Å². The third-order valence-corrected chi connectivity index (χ3v) is 3.00. The van der Waals surface area contributed by atoms with E-state index in [1.54, 1.807) is 11.0 Å². The summed E-state index contributed by atoms with van der Waals surface area (Å²) in [7, 11) is 0. The Morgan fingerprint density at radius 1 is 1.13 bits per heavy atom. The van der Waals surface area contributed by atoms with Crippen molar-refractivity contribution >= 4 is 6.03 Å². The fraction of sp³-hybridized carbons (Fsp3) is 0.727. The zero-order valence-corrected chi connectivity index (χ0v) is 8.91. The number of amides is 2. The van der Waals surface area contributed by atoms with Gasteiger partial charge in [0.15, 0.2) is 0 Å². The van der Waals surface area contributed by atoms with E-state index in [9.17, 15) is 9.18 Å². The fourth-order valence-electron chi connectivity index (χ4n) is 2.15. The Morgan fingerprint density at radius 2 is 1.87 bits per heavy atom. The summed E-state index contributed by atoms with van der Waals surface area (Å²) in [5.74, 6) is -0.174. The van der Waals surface area contributed by atoms with Crippen LogP contribution in [0.1, 0.15) is 25.7 Å². The molecular weight excluding hydrogens is 195 g/mol. The number of carbonyl (C=O) groups excluding carboxylic acids is 1. The lowest BCUT2D eigenvalue weighted by molar-refractivity contribution is 0.143. The zero-order valence-electron chi connectivity index (χ0n) is 8.91. The molecule has 3 nitrogen and oxygen atoms in total. The molecule has 0 spiro atoms. The van der Waals surface area contributed by atoms with Gasteiger partial charge in [-0.25, -0.2) is 9.18 Å². The van der Waals surface area contributed by atoms with Gasteiger partial charge in [0.2, 0.25) is 0 Å². The van der Waals surface area contributed by atoms with Crippen molar-refractivity contribution in [2.45, 2.75) is 25.7 Å². The SMILES string of the molecule is O=C(N1CCCCC1)N1CCC=C(F)C1. The molecule has 4 heteroatoms. The van der Waals surface area contributed by atoms with Gasteiger partial charge in [-0.1, -0.05) is 0 Å². The van der Waals surface area contributed by atoms with Crippen LogP contribution in [0.4, 0.5) is 9.18 Å². The maximum absolute atomic E-state index is 13.0. The first-order valence-electron chi connectivity index (χ1n) is 5.66. The van der Waals surface area contributed by atoms with Crippen LogP contribution in [0.15, 0.2) is 11.9 Å². The second-order valence-corrected chi connectivity index (χ2v) is 4.19. The molecule has 0 aromatic carbocycles. The Balaban J connectivity index is 1.92. The number of urea groups is 1. The molecule has 1 saturated heterocycles. The van der Waals surface area contributed by atoms with Crippen molar-refractivity contribution in [1.82, 2.24) is 9.80 Å². The number of piperidine rings is 1. The van der Waals surface area contributed by atoms with Crippen LogP contribution in [0.2, 0.25) is 0 Å². The van der Waals surface area contributed by atoms with E-state index in [0.29, 0.717) is 13.0 Å². The number of likely N-dealkylation sites (tertiary alicyclic amines) is 1. The highest BCUT2D eigenvalue weighted by Crippen LogP contribution is 2.15. The Hall–Kier alpha value is -1.06. The van der Waals surface area contributed by atoms with E-state index >= 15 is 0 Å². The molecule has 84 valence electrons.